The predicted octanol–water partition coefficient (Wildman–Crippen LogP) is 4.07. The van der Waals surface area contributed by atoms with E-state index >= 15 is 0 Å². The average molecular weight is 399 g/mol. The Morgan fingerprint density at radius 1 is 1.17 bits per heavy atom. The van der Waals surface area contributed by atoms with Gasteiger partial charge in [0.2, 0.25) is 0 Å². The Morgan fingerprint density at radius 3 is 2.66 bits per heavy atom. The standard InChI is InChI=1S/C25H38N2O2/c1-26-15-6-3-8-20-9-7-10-22(18-20)25(13-4-2-5-14-25)24(28)29-23-19-27-16-11-21(23)12-17-27/h7,9-10,18,21,23,26H,2-6,8,11-17,19H2,1H3/t23-/m0/s1. The zero-order valence-electron chi connectivity index (χ0n) is 18.1. The minimum absolute atomic E-state index is 0.0586. The Labute approximate surface area is 176 Å². The number of aryl methyl sites for hydroxylation is 1. The quantitative estimate of drug-likeness (QED) is 0.529. The smallest absolute Gasteiger partial charge is 0.316 e. The molecular formula is C25H38N2O2. The molecule has 4 heteroatoms. The van der Waals surface area contributed by atoms with Gasteiger partial charge in [0.1, 0.15) is 6.10 Å². The predicted molar refractivity (Wildman–Crippen MR) is 117 cm³/mol. The molecule has 1 N–H and O–H groups in total. The number of hydrogen-bond acceptors (Lipinski definition) is 4. The molecule has 4 nitrogen and oxygen atoms in total. The molecule has 2 bridgehead atoms. The summed E-state index contributed by atoms with van der Waals surface area (Å²) in [6.45, 7) is 4.37. The van der Waals surface area contributed by atoms with Crippen LogP contribution in [0.15, 0.2) is 24.3 Å². The Bertz CT molecular complexity index is 675. The van der Waals surface area contributed by atoms with E-state index in [1.54, 1.807) is 0 Å². The Hall–Kier alpha value is -1.39. The van der Waals surface area contributed by atoms with Crippen molar-refractivity contribution in [1.82, 2.24) is 10.2 Å². The summed E-state index contributed by atoms with van der Waals surface area (Å²) in [5.41, 5.74) is 2.14. The van der Waals surface area contributed by atoms with Gasteiger partial charge in [0.15, 0.2) is 0 Å². The zero-order chi connectivity index (χ0) is 20.1. The second-order valence-electron chi connectivity index (χ2n) is 9.49. The van der Waals surface area contributed by atoms with E-state index in [9.17, 15) is 4.79 Å². The van der Waals surface area contributed by atoms with Gasteiger partial charge in [0.25, 0.3) is 0 Å². The Balaban J connectivity index is 1.49. The van der Waals surface area contributed by atoms with Gasteiger partial charge in [0, 0.05) is 6.54 Å². The highest BCUT2D eigenvalue weighted by Gasteiger charge is 2.45. The van der Waals surface area contributed by atoms with Crippen molar-refractivity contribution in [3.05, 3.63) is 35.4 Å². The molecule has 1 aromatic rings. The number of benzene rings is 1. The summed E-state index contributed by atoms with van der Waals surface area (Å²) in [4.78, 5) is 16.1. The summed E-state index contributed by atoms with van der Waals surface area (Å²) < 4.78 is 6.29. The minimum atomic E-state index is -0.425. The van der Waals surface area contributed by atoms with E-state index < -0.39 is 5.41 Å². The van der Waals surface area contributed by atoms with Crippen LogP contribution in [0, 0.1) is 5.92 Å². The lowest BCUT2D eigenvalue weighted by atomic mass is 9.69. The summed E-state index contributed by atoms with van der Waals surface area (Å²) >= 11 is 0. The molecule has 3 heterocycles. The third-order valence-electron chi connectivity index (χ3n) is 7.57. The molecule has 3 saturated heterocycles. The van der Waals surface area contributed by atoms with Crippen molar-refractivity contribution in [2.75, 3.05) is 33.2 Å². The fourth-order valence-electron chi connectivity index (χ4n) is 5.72. The van der Waals surface area contributed by atoms with Gasteiger partial charge >= 0.3 is 5.97 Å². The second kappa shape index (κ2) is 9.61. The van der Waals surface area contributed by atoms with E-state index in [1.165, 1.54) is 56.3 Å². The normalized spacial score (nSPS) is 28.2. The first-order chi connectivity index (χ1) is 14.2. The van der Waals surface area contributed by atoms with Gasteiger partial charge < -0.3 is 10.1 Å². The topological polar surface area (TPSA) is 41.6 Å². The highest BCUT2D eigenvalue weighted by molar-refractivity contribution is 5.83. The molecule has 0 amide bonds. The summed E-state index contributed by atoms with van der Waals surface area (Å²) in [5, 5.41) is 3.22. The highest BCUT2D eigenvalue weighted by Crippen LogP contribution is 2.42. The molecule has 4 fully saturated rings. The second-order valence-corrected chi connectivity index (χ2v) is 9.49. The molecule has 5 rings (SSSR count). The molecule has 4 aliphatic rings. The van der Waals surface area contributed by atoms with Crippen LogP contribution in [0.25, 0.3) is 0 Å². The van der Waals surface area contributed by atoms with Crippen LogP contribution in [-0.4, -0.2) is 50.2 Å². The zero-order valence-corrected chi connectivity index (χ0v) is 18.1. The number of ether oxygens (including phenoxy) is 1. The first-order valence-electron chi connectivity index (χ1n) is 11.9. The van der Waals surface area contributed by atoms with Crippen LogP contribution in [0.5, 0.6) is 0 Å². The number of unbranched alkanes of at least 4 members (excludes halogenated alkanes) is 1. The van der Waals surface area contributed by atoms with Gasteiger partial charge in [-0.1, -0.05) is 43.5 Å². The van der Waals surface area contributed by atoms with Gasteiger partial charge in [-0.25, -0.2) is 0 Å². The average Bonchev–Trinajstić information content (AvgIpc) is 2.78. The van der Waals surface area contributed by atoms with Crippen LogP contribution >= 0.6 is 0 Å². The lowest BCUT2D eigenvalue weighted by Crippen LogP contribution is -2.53. The van der Waals surface area contributed by atoms with Crippen molar-refractivity contribution >= 4 is 5.97 Å². The number of piperidine rings is 3. The van der Waals surface area contributed by atoms with Crippen LogP contribution in [-0.2, 0) is 21.4 Å². The lowest BCUT2D eigenvalue weighted by Gasteiger charge is -2.45. The summed E-state index contributed by atoms with van der Waals surface area (Å²) in [6, 6.07) is 8.86. The lowest BCUT2D eigenvalue weighted by molar-refractivity contribution is -0.167. The van der Waals surface area contributed by atoms with Crippen molar-refractivity contribution < 1.29 is 9.53 Å². The molecule has 0 spiro atoms. The maximum atomic E-state index is 13.6. The van der Waals surface area contributed by atoms with Gasteiger partial charge in [-0.3, -0.25) is 9.69 Å². The molecule has 1 saturated carbocycles. The van der Waals surface area contributed by atoms with Crippen molar-refractivity contribution in [3.63, 3.8) is 0 Å². The molecule has 160 valence electrons. The van der Waals surface area contributed by atoms with E-state index in [0.717, 1.165) is 45.2 Å². The number of hydrogen-bond donors (Lipinski definition) is 1. The molecule has 0 aromatic heterocycles. The van der Waals surface area contributed by atoms with Crippen LogP contribution < -0.4 is 5.32 Å². The number of rotatable bonds is 8. The van der Waals surface area contributed by atoms with Crippen LogP contribution in [0.3, 0.4) is 0 Å². The van der Waals surface area contributed by atoms with E-state index in [1.807, 2.05) is 7.05 Å². The van der Waals surface area contributed by atoms with Gasteiger partial charge in [-0.2, -0.15) is 0 Å². The van der Waals surface area contributed by atoms with E-state index in [0.29, 0.717) is 5.92 Å². The molecule has 1 aromatic carbocycles. The molecule has 29 heavy (non-hydrogen) atoms. The highest BCUT2D eigenvalue weighted by atomic mass is 16.5. The van der Waals surface area contributed by atoms with E-state index in [2.05, 4.69) is 34.5 Å². The molecule has 3 aliphatic heterocycles. The first kappa shape index (κ1) is 20.9. The van der Waals surface area contributed by atoms with Gasteiger partial charge in [0.05, 0.1) is 5.41 Å². The third-order valence-corrected chi connectivity index (χ3v) is 7.57. The molecule has 1 aliphatic carbocycles. The number of carbonyl (C=O) groups is 1. The Morgan fingerprint density at radius 2 is 1.97 bits per heavy atom. The van der Waals surface area contributed by atoms with Crippen molar-refractivity contribution in [1.29, 1.82) is 0 Å². The largest absolute Gasteiger partial charge is 0.460 e. The van der Waals surface area contributed by atoms with E-state index in [-0.39, 0.29) is 12.1 Å². The number of nitrogens with one attached hydrogen (secondary N) is 1. The van der Waals surface area contributed by atoms with Gasteiger partial charge in [-0.15, -0.1) is 0 Å². The van der Waals surface area contributed by atoms with Crippen molar-refractivity contribution in [3.8, 4) is 0 Å². The first-order valence-corrected chi connectivity index (χ1v) is 11.9. The van der Waals surface area contributed by atoms with Crippen LogP contribution in [0.2, 0.25) is 0 Å². The number of esters is 1. The number of fused-ring (bicyclic) bond motifs is 3. The summed E-state index contributed by atoms with van der Waals surface area (Å²) in [7, 11) is 2.01. The fourth-order valence-corrected chi connectivity index (χ4v) is 5.72. The molecular weight excluding hydrogens is 360 g/mol. The van der Waals surface area contributed by atoms with Crippen LogP contribution in [0.4, 0.5) is 0 Å². The molecule has 0 radical (unpaired) electrons. The summed E-state index contributed by atoms with van der Waals surface area (Å²) in [6.07, 6.45) is 11.3. The van der Waals surface area contributed by atoms with Gasteiger partial charge in [-0.05, 0) is 88.7 Å². The Kier molecular flexibility index (Phi) is 6.92. The monoisotopic (exact) mass is 398 g/mol. The fraction of sp³-hybridized carbons (Fsp3) is 0.720. The maximum Gasteiger partial charge on any atom is 0.316 e. The summed E-state index contributed by atoms with van der Waals surface area (Å²) in [5.74, 6) is 0.631. The van der Waals surface area contributed by atoms with Crippen molar-refractivity contribution in [2.24, 2.45) is 5.92 Å². The number of carbonyl (C=O) groups excluding carboxylic acids is 1. The third kappa shape index (κ3) is 4.69. The van der Waals surface area contributed by atoms with Crippen molar-refractivity contribution in [2.45, 2.75) is 75.7 Å². The minimum Gasteiger partial charge on any atom is -0.460 e. The van der Waals surface area contributed by atoms with Crippen LogP contribution in [0.1, 0.15) is 68.9 Å². The molecule has 1 atom stereocenters. The van der Waals surface area contributed by atoms with E-state index in [4.69, 9.17) is 4.74 Å². The molecule has 0 unspecified atom stereocenters. The maximum absolute atomic E-state index is 13.6. The SMILES string of the molecule is CNCCCCc1cccc(C2(C(=O)O[C@H]3CN4CCC3CC4)CCCCC2)c1. The number of nitrogens with zero attached hydrogens (tertiary/aromatic N) is 1.